The van der Waals surface area contributed by atoms with E-state index < -0.39 is 5.41 Å². The van der Waals surface area contributed by atoms with E-state index in [1.54, 1.807) is 6.07 Å². The summed E-state index contributed by atoms with van der Waals surface area (Å²) < 4.78 is 27.6. The largest absolute Gasteiger partial charge is 0.492 e. The summed E-state index contributed by atoms with van der Waals surface area (Å²) in [6.45, 7) is 6.33. The Labute approximate surface area is 186 Å². The van der Waals surface area contributed by atoms with Crippen LogP contribution in [0.5, 0.6) is 23.0 Å². The van der Waals surface area contributed by atoms with Gasteiger partial charge in [-0.1, -0.05) is 26.8 Å². The number of fused-ring (bicyclic) bond motifs is 2. The van der Waals surface area contributed by atoms with Gasteiger partial charge < -0.3 is 29.0 Å². The lowest BCUT2D eigenvalue weighted by atomic mass is 9.95. The van der Waals surface area contributed by atoms with E-state index in [0.717, 1.165) is 11.1 Å². The lowest BCUT2D eigenvalue weighted by molar-refractivity contribution is -0.141. The van der Waals surface area contributed by atoms with Gasteiger partial charge in [0.15, 0.2) is 11.5 Å². The molecule has 2 aliphatic rings. The van der Waals surface area contributed by atoms with Gasteiger partial charge in [-0.05, 0) is 12.1 Å². The Balaban J connectivity index is 1.48. The van der Waals surface area contributed by atoms with Crippen molar-refractivity contribution in [3.8, 4) is 23.0 Å². The van der Waals surface area contributed by atoms with Gasteiger partial charge in [-0.3, -0.25) is 9.59 Å². The minimum atomic E-state index is -0.525. The first kappa shape index (κ1) is 21.8. The number of benzene rings is 2. The maximum absolute atomic E-state index is 12.4. The molecule has 1 N–H and O–H groups in total. The number of anilines is 1. The van der Waals surface area contributed by atoms with Gasteiger partial charge in [0.25, 0.3) is 0 Å². The van der Waals surface area contributed by atoms with Crippen molar-refractivity contribution < 1.29 is 33.3 Å². The molecule has 0 aliphatic carbocycles. The lowest BCUT2D eigenvalue weighted by Crippen LogP contribution is -2.27. The molecule has 0 saturated heterocycles. The van der Waals surface area contributed by atoms with Crippen molar-refractivity contribution in [2.24, 2.45) is 5.41 Å². The van der Waals surface area contributed by atoms with Crippen molar-refractivity contribution in [2.75, 3.05) is 25.8 Å². The number of hydrogen-bond donors (Lipinski definition) is 1. The van der Waals surface area contributed by atoms with Gasteiger partial charge in [0.05, 0.1) is 20.1 Å². The first-order valence-corrected chi connectivity index (χ1v) is 10.4. The Morgan fingerprint density at radius 1 is 1.09 bits per heavy atom. The molecule has 32 heavy (non-hydrogen) atoms. The number of esters is 1. The van der Waals surface area contributed by atoms with Crippen LogP contribution < -0.4 is 24.3 Å². The SMILES string of the molecule is COC(=O)C[C@@H]1COc2cc(OCc3cc(NC(=O)C(C)(C)C)cc4c3OCO4)ccc21. The van der Waals surface area contributed by atoms with Crippen LogP contribution in [0, 0.1) is 5.41 Å². The van der Waals surface area contributed by atoms with Crippen LogP contribution in [-0.2, 0) is 20.9 Å². The summed E-state index contributed by atoms with van der Waals surface area (Å²) in [5.41, 5.74) is 1.82. The average Bonchev–Trinajstić information content (AvgIpc) is 3.38. The molecular weight excluding hydrogens is 414 g/mol. The van der Waals surface area contributed by atoms with E-state index in [9.17, 15) is 9.59 Å². The van der Waals surface area contributed by atoms with E-state index in [2.05, 4.69) is 5.32 Å². The molecule has 2 aromatic rings. The molecule has 0 bridgehead atoms. The number of hydrogen-bond acceptors (Lipinski definition) is 7. The van der Waals surface area contributed by atoms with Gasteiger partial charge in [0.1, 0.15) is 18.1 Å². The fourth-order valence-corrected chi connectivity index (χ4v) is 3.54. The molecule has 0 saturated carbocycles. The summed E-state index contributed by atoms with van der Waals surface area (Å²) in [6.07, 6.45) is 0.278. The molecule has 2 heterocycles. The highest BCUT2D eigenvalue weighted by molar-refractivity contribution is 5.95. The van der Waals surface area contributed by atoms with Crippen molar-refractivity contribution in [1.82, 2.24) is 0 Å². The van der Waals surface area contributed by atoms with Crippen LogP contribution >= 0.6 is 0 Å². The average molecular weight is 441 g/mol. The predicted octanol–water partition coefficient (Wildman–Crippen LogP) is 4.02. The van der Waals surface area contributed by atoms with Crippen LogP contribution in [0.15, 0.2) is 30.3 Å². The van der Waals surface area contributed by atoms with E-state index in [0.29, 0.717) is 35.3 Å². The second-order valence-electron chi connectivity index (χ2n) is 8.85. The number of rotatable bonds is 6. The van der Waals surface area contributed by atoms with E-state index in [-0.39, 0.29) is 37.6 Å². The molecule has 1 amide bonds. The molecule has 2 aromatic carbocycles. The van der Waals surface area contributed by atoms with Gasteiger partial charge in [0.2, 0.25) is 12.7 Å². The maximum Gasteiger partial charge on any atom is 0.306 e. The first-order chi connectivity index (χ1) is 15.2. The highest BCUT2D eigenvalue weighted by Gasteiger charge is 2.28. The van der Waals surface area contributed by atoms with Gasteiger partial charge in [-0.25, -0.2) is 0 Å². The molecule has 0 spiro atoms. The molecule has 0 radical (unpaired) electrons. The van der Waals surface area contributed by atoms with Crippen LogP contribution in [-0.4, -0.2) is 32.4 Å². The number of nitrogens with one attached hydrogen (secondary N) is 1. The van der Waals surface area contributed by atoms with E-state index in [1.807, 2.05) is 45.0 Å². The molecule has 0 unspecified atom stereocenters. The van der Waals surface area contributed by atoms with Crippen LogP contribution in [0.25, 0.3) is 0 Å². The minimum Gasteiger partial charge on any atom is -0.492 e. The molecule has 4 rings (SSSR count). The third-order valence-electron chi connectivity index (χ3n) is 5.39. The molecular formula is C24H27NO7. The summed E-state index contributed by atoms with van der Waals surface area (Å²) in [4.78, 5) is 24.0. The second kappa shape index (κ2) is 8.61. The lowest BCUT2D eigenvalue weighted by Gasteiger charge is -2.18. The van der Waals surface area contributed by atoms with Crippen molar-refractivity contribution in [3.05, 3.63) is 41.5 Å². The normalized spacial score (nSPS) is 16.2. The van der Waals surface area contributed by atoms with Gasteiger partial charge in [-0.15, -0.1) is 0 Å². The number of amides is 1. The fourth-order valence-electron chi connectivity index (χ4n) is 3.54. The number of carbonyl (C=O) groups excluding carboxylic acids is 2. The van der Waals surface area contributed by atoms with E-state index in [1.165, 1.54) is 7.11 Å². The zero-order chi connectivity index (χ0) is 22.9. The first-order valence-electron chi connectivity index (χ1n) is 10.4. The van der Waals surface area contributed by atoms with Crippen molar-refractivity contribution in [3.63, 3.8) is 0 Å². The summed E-state index contributed by atoms with van der Waals surface area (Å²) in [6, 6.07) is 9.15. The highest BCUT2D eigenvalue weighted by Crippen LogP contribution is 2.41. The Bertz CT molecular complexity index is 1040. The second-order valence-corrected chi connectivity index (χ2v) is 8.85. The summed E-state index contributed by atoms with van der Waals surface area (Å²) in [5, 5.41) is 2.92. The van der Waals surface area contributed by atoms with E-state index in [4.69, 9.17) is 23.7 Å². The molecule has 170 valence electrons. The number of carbonyl (C=O) groups is 2. The van der Waals surface area contributed by atoms with Crippen molar-refractivity contribution >= 4 is 17.6 Å². The summed E-state index contributed by atoms with van der Waals surface area (Å²) in [7, 11) is 1.38. The predicted molar refractivity (Wildman–Crippen MR) is 116 cm³/mol. The van der Waals surface area contributed by atoms with E-state index >= 15 is 0 Å². The van der Waals surface area contributed by atoms with Crippen molar-refractivity contribution in [2.45, 2.75) is 39.7 Å². The molecule has 8 heteroatoms. The third kappa shape index (κ3) is 4.59. The monoisotopic (exact) mass is 441 g/mol. The molecule has 0 aromatic heterocycles. The molecule has 2 aliphatic heterocycles. The molecule has 8 nitrogen and oxygen atoms in total. The van der Waals surface area contributed by atoms with Crippen LogP contribution in [0.4, 0.5) is 5.69 Å². The van der Waals surface area contributed by atoms with Gasteiger partial charge in [-0.2, -0.15) is 0 Å². The smallest absolute Gasteiger partial charge is 0.306 e. The van der Waals surface area contributed by atoms with Gasteiger partial charge >= 0.3 is 5.97 Å². The molecule has 0 fully saturated rings. The Morgan fingerprint density at radius 3 is 2.66 bits per heavy atom. The van der Waals surface area contributed by atoms with Crippen LogP contribution in [0.2, 0.25) is 0 Å². The Morgan fingerprint density at radius 2 is 1.91 bits per heavy atom. The number of ether oxygens (including phenoxy) is 5. The zero-order valence-corrected chi connectivity index (χ0v) is 18.7. The quantitative estimate of drug-likeness (QED) is 0.677. The fraction of sp³-hybridized carbons (Fsp3) is 0.417. The topological polar surface area (TPSA) is 92.3 Å². The molecule has 1 atom stereocenters. The number of methoxy groups -OCH3 is 1. The standard InChI is InChI=1S/C24H27NO7/c1-24(2,3)23(27)25-16-7-15(22-20(9-16)31-13-32-22)12-29-17-5-6-18-14(8-21(26)28-4)11-30-19(18)10-17/h5-7,9-10,14H,8,11-13H2,1-4H3,(H,25,27)/t14-/m1/s1. The third-order valence-corrected chi connectivity index (χ3v) is 5.39. The van der Waals surface area contributed by atoms with Gasteiger partial charge in [0, 0.05) is 40.3 Å². The van der Waals surface area contributed by atoms with Crippen molar-refractivity contribution in [1.29, 1.82) is 0 Å². The highest BCUT2D eigenvalue weighted by atomic mass is 16.7. The Kier molecular flexibility index (Phi) is 5.86. The summed E-state index contributed by atoms with van der Waals surface area (Å²) >= 11 is 0. The van der Waals surface area contributed by atoms with Crippen LogP contribution in [0.3, 0.4) is 0 Å². The van der Waals surface area contributed by atoms with Crippen LogP contribution in [0.1, 0.15) is 44.2 Å². The minimum absolute atomic E-state index is 0.0246. The summed E-state index contributed by atoms with van der Waals surface area (Å²) in [5.74, 6) is 2.12. The maximum atomic E-state index is 12.4. The Hall–Kier alpha value is -3.42. The zero-order valence-electron chi connectivity index (χ0n) is 18.7.